The number of carbonyl (C=O) groups excluding carboxylic acids is 1. The van der Waals surface area contributed by atoms with Crippen molar-refractivity contribution in [3.63, 3.8) is 0 Å². The standard InChI is InChI=1S/C17H28N4O2/c1-17(2,3)23-16(22)21-14-5-6-15(21)13-19(10-7-14)11-12-20-9-4-8-18-20/h4,8-9,14-15H,5-7,10-13H2,1-3H3/t14-,15-/m0/s1. The van der Waals surface area contributed by atoms with Crippen molar-refractivity contribution in [3.05, 3.63) is 18.5 Å². The maximum absolute atomic E-state index is 12.5. The normalized spacial score (nSPS) is 25.4. The van der Waals surface area contributed by atoms with E-state index >= 15 is 0 Å². The third-order valence-corrected chi connectivity index (χ3v) is 4.68. The van der Waals surface area contributed by atoms with Crippen LogP contribution in [-0.4, -0.2) is 63.0 Å². The predicted molar refractivity (Wildman–Crippen MR) is 88.2 cm³/mol. The number of aromatic nitrogens is 2. The van der Waals surface area contributed by atoms with E-state index < -0.39 is 5.60 Å². The van der Waals surface area contributed by atoms with Gasteiger partial charge in [-0.1, -0.05) is 0 Å². The van der Waals surface area contributed by atoms with Gasteiger partial charge in [-0.05, 0) is 46.1 Å². The number of hydrogen-bond donors (Lipinski definition) is 0. The Labute approximate surface area is 138 Å². The molecule has 2 aliphatic heterocycles. The second kappa shape index (κ2) is 6.51. The van der Waals surface area contributed by atoms with Crippen LogP contribution in [0.3, 0.4) is 0 Å². The van der Waals surface area contributed by atoms with Gasteiger partial charge in [-0.25, -0.2) is 4.79 Å². The van der Waals surface area contributed by atoms with E-state index in [1.165, 1.54) is 0 Å². The maximum atomic E-state index is 12.5. The molecule has 2 fully saturated rings. The van der Waals surface area contributed by atoms with Crippen molar-refractivity contribution < 1.29 is 9.53 Å². The molecular weight excluding hydrogens is 292 g/mol. The number of carbonyl (C=O) groups is 1. The molecule has 2 aliphatic rings. The Morgan fingerprint density at radius 1 is 1.22 bits per heavy atom. The van der Waals surface area contributed by atoms with Crippen LogP contribution in [0.15, 0.2) is 18.5 Å². The molecule has 1 aromatic heterocycles. The molecule has 23 heavy (non-hydrogen) atoms. The van der Waals surface area contributed by atoms with Gasteiger partial charge in [0.25, 0.3) is 0 Å². The van der Waals surface area contributed by atoms with Gasteiger partial charge in [-0.3, -0.25) is 9.58 Å². The van der Waals surface area contributed by atoms with Crippen molar-refractivity contribution in [1.82, 2.24) is 19.6 Å². The molecule has 6 heteroatoms. The van der Waals surface area contributed by atoms with Gasteiger partial charge in [-0.2, -0.15) is 5.10 Å². The first-order valence-corrected chi connectivity index (χ1v) is 8.63. The Hall–Kier alpha value is -1.56. The van der Waals surface area contributed by atoms with Gasteiger partial charge in [-0.15, -0.1) is 0 Å². The first-order chi connectivity index (χ1) is 10.9. The summed E-state index contributed by atoms with van der Waals surface area (Å²) < 4.78 is 7.59. The van der Waals surface area contributed by atoms with E-state index in [2.05, 4.69) is 10.00 Å². The quantitative estimate of drug-likeness (QED) is 0.858. The molecule has 2 atom stereocenters. The highest BCUT2D eigenvalue weighted by atomic mass is 16.6. The van der Waals surface area contributed by atoms with Gasteiger partial charge in [0.05, 0.1) is 6.54 Å². The lowest BCUT2D eigenvalue weighted by Crippen LogP contribution is -2.45. The third kappa shape index (κ3) is 4.05. The molecule has 2 bridgehead atoms. The van der Waals surface area contributed by atoms with Gasteiger partial charge in [0.1, 0.15) is 5.60 Å². The summed E-state index contributed by atoms with van der Waals surface area (Å²) in [7, 11) is 0. The molecule has 6 nitrogen and oxygen atoms in total. The van der Waals surface area contributed by atoms with Crippen LogP contribution in [0, 0.1) is 0 Å². The Kier molecular flexibility index (Phi) is 4.62. The maximum Gasteiger partial charge on any atom is 0.410 e. The lowest BCUT2D eigenvalue weighted by atomic mass is 10.1. The lowest BCUT2D eigenvalue weighted by molar-refractivity contribution is 0.0153. The van der Waals surface area contributed by atoms with Gasteiger partial charge in [0.15, 0.2) is 0 Å². The Morgan fingerprint density at radius 3 is 2.70 bits per heavy atom. The minimum absolute atomic E-state index is 0.140. The third-order valence-electron chi connectivity index (χ3n) is 4.68. The average Bonchev–Trinajstić information content (AvgIpc) is 3.03. The molecule has 0 spiro atoms. The van der Waals surface area contributed by atoms with Crippen LogP contribution >= 0.6 is 0 Å². The van der Waals surface area contributed by atoms with Crippen molar-refractivity contribution in [1.29, 1.82) is 0 Å². The van der Waals surface area contributed by atoms with Gasteiger partial charge < -0.3 is 9.64 Å². The van der Waals surface area contributed by atoms with E-state index in [9.17, 15) is 4.79 Å². The van der Waals surface area contributed by atoms with Crippen molar-refractivity contribution in [2.75, 3.05) is 19.6 Å². The molecule has 0 unspecified atom stereocenters. The summed E-state index contributed by atoms with van der Waals surface area (Å²) in [5.41, 5.74) is -0.428. The first-order valence-electron chi connectivity index (χ1n) is 8.63. The highest BCUT2D eigenvalue weighted by Gasteiger charge is 2.41. The number of ether oxygens (including phenoxy) is 1. The van der Waals surface area contributed by atoms with Gasteiger partial charge in [0, 0.05) is 44.1 Å². The minimum atomic E-state index is -0.428. The fourth-order valence-electron chi connectivity index (χ4n) is 3.64. The van der Waals surface area contributed by atoms with Crippen LogP contribution in [0.1, 0.15) is 40.0 Å². The monoisotopic (exact) mass is 320 g/mol. The van der Waals surface area contributed by atoms with E-state index in [-0.39, 0.29) is 12.1 Å². The first kappa shape index (κ1) is 16.3. The molecule has 128 valence electrons. The smallest absolute Gasteiger partial charge is 0.410 e. The molecule has 3 rings (SSSR count). The lowest BCUT2D eigenvalue weighted by Gasteiger charge is -2.31. The fourth-order valence-corrected chi connectivity index (χ4v) is 3.64. The fraction of sp³-hybridized carbons (Fsp3) is 0.765. The minimum Gasteiger partial charge on any atom is -0.444 e. The summed E-state index contributed by atoms with van der Waals surface area (Å²) >= 11 is 0. The second-order valence-corrected chi connectivity index (χ2v) is 7.63. The van der Waals surface area contributed by atoms with Crippen molar-refractivity contribution in [2.45, 2.75) is 64.3 Å². The highest BCUT2D eigenvalue weighted by Crippen LogP contribution is 2.31. The number of nitrogens with zero attached hydrogens (tertiary/aromatic N) is 4. The van der Waals surface area contributed by atoms with E-state index in [1.54, 1.807) is 0 Å². The molecule has 0 N–H and O–H groups in total. The van der Waals surface area contributed by atoms with Crippen LogP contribution < -0.4 is 0 Å². The van der Waals surface area contributed by atoms with Crippen LogP contribution in [0.5, 0.6) is 0 Å². The number of hydrogen-bond acceptors (Lipinski definition) is 4. The zero-order chi connectivity index (χ0) is 16.4. The summed E-state index contributed by atoms with van der Waals surface area (Å²) in [4.78, 5) is 17.0. The SMILES string of the molecule is CC(C)(C)OC(=O)N1[C@H]2CC[C@H]1CN(CCn1cccn1)CC2. The number of fused-ring (bicyclic) bond motifs is 2. The van der Waals surface area contributed by atoms with Crippen LogP contribution in [0.25, 0.3) is 0 Å². The van der Waals surface area contributed by atoms with E-state index in [0.29, 0.717) is 6.04 Å². The summed E-state index contributed by atoms with van der Waals surface area (Å²) in [6.07, 6.45) is 6.90. The number of likely N-dealkylation sites (tertiary alicyclic amines) is 1. The molecule has 3 heterocycles. The topological polar surface area (TPSA) is 50.6 Å². The van der Waals surface area contributed by atoms with Gasteiger partial charge in [0.2, 0.25) is 0 Å². The summed E-state index contributed by atoms with van der Waals surface area (Å²) in [5, 5.41) is 4.26. The van der Waals surface area contributed by atoms with E-state index in [1.807, 2.05) is 48.8 Å². The van der Waals surface area contributed by atoms with Crippen LogP contribution in [-0.2, 0) is 11.3 Å². The molecule has 1 aromatic rings. The molecule has 0 aliphatic carbocycles. The zero-order valence-corrected chi connectivity index (χ0v) is 14.4. The Bertz CT molecular complexity index is 523. The van der Waals surface area contributed by atoms with E-state index in [0.717, 1.165) is 45.4 Å². The summed E-state index contributed by atoms with van der Waals surface area (Å²) in [5.74, 6) is 0. The van der Waals surface area contributed by atoms with Crippen LogP contribution in [0.2, 0.25) is 0 Å². The summed E-state index contributed by atoms with van der Waals surface area (Å²) in [6.45, 7) is 9.66. The zero-order valence-electron chi connectivity index (χ0n) is 14.4. The molecule has 1 amide bonds. The molecular formula is C17H28N4O2. The van der Waals surface area contributed by atoms with Gasteiger partial charge >= 0.3 is 6.09 Å². The number of rotatable bonds is 3. The summed E-state index contributed by atoms with van der Waals surface area (Å²) in [6, 6.07) is 2.58. The average molecular weight is 320 g/mol. The Balaban J connectivity index is 1.59. The van der Waals surface area contributed by atoms with E-state index in [4.69, 9.17) is 4.74 Å². The predicted octanol–water partition coefficient (Wildman–Crippen LogP) is 2.36. The highest BCUT2D eigenvalue weighted by molar-refractivity contribution is 5.69. The Morgan fingerprint density at radius 2 is 2.00 bits per heavy atom. The molecule has 2 saturated heterocycles. The van der Waals surface area contributed by atoms with Crippen LogP contribution in [0.4, 0.5) is 4.79 Å². The molecule has 0 saturated carbocycles. The molecule has 0 aromatic carbocycles. The largest absolute Gasteiger partial charge is 0.444 e. The van der Waals surface area contributed by atoms with Crippen molar-refractivity contribution in [2.24, 2.45) is 0 Å². The number of amides is 1. The molecule has 0 radical (unpaired) electrons. The second-order valence-electron chi connectivity index (χ2n) is 7.63. The van der Waals surface area contributed by atoms with Crippen molar-refractivity contribution >= 4 is 6.09 Å². The van der Waals surface area contributed by atoms with Crippen molar-refractivity contribution in [3.8, 4) is 0 Å².